The fourth-order valence-electron chi connectivity index (χ4n) is 3.83. The second-order valence-corrected chi connectivity index (χ2v) is 9.40. The van der Waals surface area contributed by atoms with Gasteiger partial charge in [-0.1, -0.05) is 33.9 Å². The van der Waals surface area contributed by atoms with E-state index in [1.807, 2.05) is 0 Å². The molecule has 0 N–H and O–H groups in total. The van der Waals surface area contributed by atoms with Gasteiger partial charge in [0, 0.05) is 8.80 Å². The van der Waals surface area contributed by atoms with Crippen LogP contribution in [0.2, 0.25) is 18.1 Å². The van der Waals surface area contributed by atoms with E-state index in [-0.39, 0.29) is 8.80 Å². The highest BCUT2D eigenvalue weighted by Gasteiger charge is 2.59. The Morgan fingerprint density at radius 3 is 2.08 bits per heavy atom. The molecule has 0 spiro atoms. The van der Waals surface area contributed by atoms with Crippen LogP contribution in [0.5, 0.6) is 0 Å². The highest BCUT2D eigenvalue weighted by atomic mass is 28.3. The molecule has 0 aromatic carbocycles. The van der Waals surface area contributed by atoms with Gasteiger partial charge in [0.25, 0.3) is 0 Å². The Morgan fingerprint density at radius 1 is 1.15 bits per heavy atom. The summed E-state index contributed by atoms with van der Waals surface area (Å²) in [6, 6.07) is 0. The molecule has 3 aliphatic carbocycles. The molecule has 13 heavy (non-hydrogen) atoms. The van der Waals surface area contributed by atoms with Crippen LogP contribution in [0.15, 0.2) is 0 Å². The first kappa shape index (κ1) is 9.76. The van der Waals surface area contributed by atoms with E-state index in [4.69, 9.17) is 0 Å². The minimum absolute atomic E-state index is 0.115. The summed E-state index contributed by atoms with van der Waals surface area (Å²) in [5, 5.41) is 0.739. The van der Waals surface area contributed by atoms with Gasteiger partial charge in [-0.05, 0) is 41.6 Å². The third-order valence-electron chi connectivity index (χ3n) is 5.39. The van der Waals surface area contributed by atoms with Gasteiger partial charge in [0.15, 0.2) is 0 Å². The second-order valence-electron chi connectivity index (χ2n) is 6.26. The Hall–Kier alpha value is 0.217. The molecule has 0 aliphatic heterocycles. The third-order valence-corrected chi connectivity index (χ3v) is 8.28. The molecule has 1 heteroatoms. The first-order valence-corrected chi connectivity index (χ1v) is 8.19. The summed E-state index contributed by atoms with van der Waals surface area (Å²) in [6.07, 6.45) is 4.57. The maximum atomic E-state index is 2.57. The van der Waals surface area contributed by atoms with E-state index in [2.05, 4.69) is 33.9 Å². The van der Waals surface area contributed by atoms with Crippen LogP contribution in [0.3, 0.4) is 0 Å². The first-order valence-electron chi connectivity index (χ1n) is 5.69. The molecule has 0 aromatic rings. The standard InChI is InChI=1S/C12H23Si/c1-11(2)9-6-7-12(3,13(4)5)10(11)8-9/h9-10H,6-8H2,1-5H3. The molecule has 1 radical (unpaired) electrons. The predicted molar refractivity (Wildman–Crippen MR) is 60.5 cm³/mol. The molecule has 3 fully saturated rings. The Labute approximate surface area is 84.7 Å². The SMILES string of the molecule is C[Si](C)C1(C)CCC2CC1C2(C)C. The first-order chi connectivity index (χ1) is 5.89. The van der Waals surface area contributed by atoms with Gasteiger partial charge in [-0.2, -0.15) is 0 Å². The van der Waals surface area contributed by atoms with Crippen LogP contribution in [-0.4, -0.2) is 8.80 Å². The van der Waals surface area contributed by atoms with Crippen LogP contribution in [0.1, 0.15) is 40.0 Å². The lowest BCUT2D eigenvalue weighted by Gasteiger charge is -2.65. The second kappa shape index (κ2) is 2.62. The van der Waals surface area contributed by atoms with Crippen molar-refractivity contribution in [3.63, 3.8) is 0 Å². The smallest absolute Gasteiger partial charge is 0.0481 e. The number of hydrogen-bond donors (Lipinski definition) is 0. The molecule has 0 aromatic heterocycles. The predicted octanol–water partition coefficient (Wildman–Crippen LogP) is 3.96. The molecule has 2 bridgehead atoms. The Bertz CT molecular complexity index is 217. The zero-order chi connectivity index (χ0) is 9.85. The van der Waals surface area contributed by atoms with E-state index in [0.717, 1.165) is 16.9 Å². The van der Waals surface area contributed by atoms with Crippen LogP contribution in [0, 0.1) is 17.3 Å². The molecule has 3 unspecified atom stereocenters. The van der Waals surface area contributed by atoms with Gasteiger partial charge in [0.05, 0.1) is 0 Å². The van der Waals surface area contributed by atoms with Crippen LogP contribution >= 0.6 is 0 Å². The van der Waals surface area contributed by atoms with Gasteiger partial charge >= 0.3 is 0 Å². The van der Waals surface area contributed by atoms with Crippen molar-refractivity contribution in [2.75, 3.05) is 0 Å². The fraction of sp³-hybridized carbons (Fsp3) is 1.00. The maximum Gasteiger partial charge on any atom is 0.0481 e. The summed E-state index contributed by atoms with van der Waals surface area (Å²) in [5.74, 6) is 2.11. The largest absolute Gasteiger partial charge is 0.0709 e. The molecule has 3 rings (SSSR count). The molecule has 0 nitrogen and oxygen atoms in total. The van der Waals surface area contributed by atoms with Crippen LogP contribution in [-0.2, 0) is 0 Å². The van der Waals surface area contributed by atoms with E-state index in [0.29, 0.717) is 5.41 Å². The van der Waals surface area contributed by atoms with Crippen molar-refractivity contribution in [3.05, 3.63) is 0 Å². The normalized spacial score (nSPS) is 47.5. The average Bonchev–Trinajstić information content (AvgIpc) is 2.03. The topological polar surface area (TPSA) is 0 Å². The summed E-state index contributed by atoms with van der Waals surface area (Å²) in [4.78, 5) is 0. The lowest BCUT2D eigenvalue weighted by atomic mass is 9.45. The van der Waals surface area contributed by atoms with Crippen molar-refractivity contribution in [2.24, 2.45) is 17.3 Å². The Morgan fingerprint density at radius 2 is 1.77 bits per heavy atom. The number of fused-ring (bicyclic) bond motifs is 2. The zero-order valence-electron chi connectivity index (χ0n) is 9.78. The Balaban J connectivity index is 2.24. The van der Waals surface area contributed by atoms with E-state index in [1.54, 1.807) is 6.42 Å². The number of hydrogen-bond acceptors (Lipinski definition) is 0. The molecule has 75 valence electrons. The van der Waals surface area contributed by atoms with E-state index in [1.165, 1.54) is 12.8 Å². The molecular weight excluding hydrogens is 172 g/mol. The third kappa shape index (κ3) is 1.09. The van der Waals surface area contributed by atoms with Crippen LogP contribution in [0.4, 0.5) is 0 Å². The van der Waals surface area contributed by atoms with Gasteiger partial charge in [0.2, 0.25) is 0 Å². The Kier molecular flexibility index (Phi) is 1.97. The van der Waals surface area contributed by atoms with E-state index in [9.17, 15) is 0 Å². The van der Waals surface area contributed by atoms with Crippen LogP contribution in [0.25, 0.3) is 0 Å². The van der Waals surface area contributed by atoms with Gasteiger partial charge < -0.3 is 0 Å². The maximum absolute atomic E-state index is 2.57. The summed E-state index contributed by atoms with van der Waals surface area (Å²) < 4.78 is 0. The minimum atomic E-state index is -0.115. The van der Waals surface area contributed by atoms with Crippen LogP contribution < -0.4 is 0 Å². The lowest BCUT2D eigenvalue weighted by molar-refractivity contribution is -0.0929. The highest BCUT2D eigenvalue weighted by molar-refractivity contribution is 6.59. The molecule has 3 saturated carbocycles. The molecule has 0 heterocycles. The van der Waals surface area contributed by atoms with Gasteiger partial charge in [-0.3, -0.25) is 0 Å². The molecule has 0 saturated heterocycles. The minimum Gasteiger partial charge on any atom is -0.0709 e. The van der Waals surface area contributed by atoms with Gasteiger partial charge in [-0.15, -0.1) is 0 Å². The molecule has 3 aliphatic rings. The summed E-state index contributed by atoms with van der Waals surface area (Å²) in [7, 11) is -0.115. The zero-order valence-corrected chi connectivity index (χ0v) is 10.8. The quantitative estimate of drug-likeness (QED) is 0.556. The highest BCUT2D eigenvalue weighted by Crippen LogP contribution is 2.69. The van der Waals surface area contributed by atoms with Crippen molar-refractivity contribution >= 4 is 8.80 Å². The number of rotatable bonds is 1. The van der Waals surface area contributed by atoms with Gasteiger partial charge in [0.1, 0.15) is 0 Å². The lowest BCUT2D eigenvalue weighted by Crippen LogP contribution is -2.57. The van der Waals surface area contributed by atoms with Crippen molar-refractivity contribution in [3.8, 4) is 0 Å². The summed E-state index contributed by atoms with van der Waals surface area (Å²) in [6.45, 7) is 12.6. The summed E-state index contributed by atoms with van der Waals surface area (Å²) >= 11 is 0. The van der Waals surface area contributed by atoms with E-state index < -0.39 is 0 Å². The van der Waals surface area contributed by atoms with Crippen molar-refractivity contribution in [1.82, 2.24) is 0 Å². The van der Waals surface area contributed by atoms with E-state index >= 15 is 0 Å². The van der Waals surface area contributed by atoms with Crippen molar-refractivity contribution in [2.45, 2.75) is 58.2 Å². The molecule has 3 atom stereocenters. The fourth-order valence-corrected chi connectivity index (χ4v) is 5.66. The van der Waals surface area contributed by atoms with Gasteiger partial charge in [-0.25, -0.2) is 0 Å². The summed E-state index contributed by atoms with van der Waals surface area (Å²) in [5.41, 5.74) is 0.676. The van der Waals surface area contributed by atoms with Crippen molar-refractivity contribution in [1.29, 1.82) is 0 Å². The average molecular weight is 195 g/mol. The van der Waals surface area contributed by atoms with Crippen molar-refractivity contribution < 1.29 is 0 Å². The molecule has 0 amide bonds. The molecular formula is C12H23Si. The monoisotopic (exact) mass is 195 g/mol.